The monoisotopic (exact) mass is 392 g/mol. The number of allylic oxidation sites excluding steroid dienone is 3. The van der Waals surface area contributed by atoms with E-state index in [1.165, 1.54) is 24.0 Å². The molecule has 2 atom stereocenters. The third-order valence-electron chi connectivity index (χ3n) is 5.90. The standard InChI is InChI=1S/C23H32N6/c1-16-11-18(6-7-19(16)15-29(2)3)20-12-21-22(26-10-9-25-21)23(28-20)27-14-17-5-4-8-24-13-17/h6-7,9-10,12,16-17,24H,4-5,8,11,13-15H2,1-3H3,(H,27,28). The average Bonchev–Trinajstić information content (AvgIpc) is 2.73. The van der Waals surface area contributed by atoms with Gasteiger partial charge in [0.1, 0.15) is 5.52 Å². The van der Waals surface area contributed by atoms with Gasteiger partial charge in [-0.15, -0.1) is 0 Å². The van der Waals surface area contributed by atoms with E-state index < -0.39 is 0 Å². The summed E-state index contributed by atoms with van der Waals surface area (Å²) < 4.78 is 0. The molecule has 0 spiro atoms. The molecule has 2 N–H and O–H groups in total. The zero-order chi connectivity index (χ0) is 20.2. The van der Waals surface area contributed by atoms with Gasteiger partial charge in [-0.3, -0.25) is 4.98 Å². The van der Waals surface area contributed by atoms with Gasteiger partial charge in [0.25, 0.3) is 0 Å². The second-order valence-corrected chi connectivity index (χ2v) is 8.65. The third-order valence-corrected chi connectivity index (χ3v) is 5.90. The molecule has 0 amide bonds. The maximum absolute atomic E-state index is 4.99. The van der Waals surface area contributed by atoms with Crippen LogP contribution in [0.4, 0.5) is 5.82 Å². The van der Waals surface area contributed by atoms with Crippen molar-refractivity contribution in [2.75, 3.05) is 45.6 Å². The van der Waals surface area contributed by atoms with E-state index in [1.807, 2.05) is 0 Å². The number of nitrogens with one attached hydrogen (secondary N) is 2. The van der Waals surface area contributed by atoms with Crippen molar-refractivity contribution in [1.82, 2.24) is 25.2 Å². The highest BCUT2D eigenvalue weighted by Crippen LogP contribution is 2.32. The van der Waals surface area contributed by atoms with Gasteiger partial charge in [-0.1, -0.05) is 24.6 Å². The van der Waals surface area contributed by atoms with Crippen LogP contribution >= 0.6 is 0 Å². The summed E-state index contributed by atoms with van der Waals surface area (Å²) in [6.45, 7) is 6.42. The molecule has 1 aliphatic heterocycles. The molecule has 154 valence electrons. The van der Waals surface area contributed by atoms with Crippen LogP contribution in [0.1, 0.15) is 31.9 Å². The number of pyridine rings is 1. The van der Waals surface area contributed by atoms with Gasteiger partial charge in [0, 0.05) is 25.5 Å². The summed E-state index contributed by atoms with van der Waals surface area (Å²) in [6.07, 6.45) is 11.5. The molecule has 2 aliphatic rings. The molecule has 29 heavy (non-hydrogen) atoms. The summed E-state index contributed by atoms with van der Waals surface area (Å²) in [5.41, 5.74) is 5.51. The van der Waals surface area contributed by atoms with E-state index in [-0.39, 0.29) is 0 Å². The fourth-order valence-corrected chi connectivity index (χ4v) is 4.26. The SMILES string of the molecule is CC1CC(c2cc3nccnc3c(NCC3CCCNC3)n2)=CC=C1CN(C)C. The number of fused-ring (bicyclic) bond motifs is 1. The van der Waals surface area contributed by atoms with Crippen LogP contribution in [0.15, 0.2) is 36.2 Å². The summed E-state index contributed by atoms with van der Waals surface area (Å²) in [5.74, 6) is 2.00. The molecule has 6 heteroatoms. The number of anilines is 1. The Morgan fingerprint density at radius 1 is 1.21 bits per heavy atom. The zero-order valence-electron chi connectivity index (χ0n) is 17.8. The van der Waals surface area contributed by atoms with E-state index in [0.717, 1.165) is 55.1 Å². The van der Waals surface area contributed by atoms with Crippen molar-refractivity contribution in [3.8, 4) is 0 Å². The van der Waals surface area contributed by atoms with Crippen LogP contribution in [-0.4, -0.2) is 60.1 Å². The first-order chi connectivity index (χ1) is 14.1. The van der Waals surface area contributed by atoms with E-state index in [0.29, 0.717) is 11.8 Å². The summed E-state index contributed by atoms with van der Waals surface area (Å²) >= 11 is 0. The van der Waals surface area contributed by atoms with E-state index >= 15 is 0 Å². The maximum atomic E-state index is 4.99. The average molecular weight is 393 g/mol. The van der Waals surface area contributed by atoms with Crippen LogP contribution in [0.25, 0.3) is 16.6 Å². The van der Waals surface area contributed by atoms with Gasteiger partial charge in [0.05, 0.1) is 11.2 Å². The Labute approximate surface area is 173 Å². The quantitative estimate of drug-likeness (QED) is 0.786. The highest BCUT2D eigenvalue weighted by molar-refractivity contribution is 5.88. The van der Waals surface area contributed by atoms with Gasteiger partial charge >= 0.3 is 0 Å². The Morgan fingerprint density at radius 3 is 2.83 bits per heavy atom. The number of rotatable bonds is 6. The minimum Gasteiger partial charge on any atom is -0.368 e. The van der Waals surface area contributed by atoms with Gasteiger partial charge in [-0.05, 0) is 69.9 Å². The minimum atomic E-state index is 0.515. The summed E-state index contributed by atoms with van der Waals surface area (Å²) in [6, 6.07) is 2.08. The molecule has 3 heterocycles. The number of hydrogen-bond donors (Lipinski definition) is 2. The number of piperidine rings is 1. The third kappa shape index (κ3) is 4.82. The first kappa shape index (κ1) is 20.0. The lowest BCUT2D eigenvalue weighted by atomic mass is 9.87. The Bertz CT molecular complexity index is 911. The van der Waals surface area contributed by atoms with Crippen LogP contribution in [0.2, 0.25) is 0 Å². The fourth-order valence-electron chi connectivity index (χ4n) is 4.26. The fraction of sp³-hybridized carbons (Fsp3) is 0.522. The summed E-state index contributed by atoms with van der Waals surface area (Å²) in [7, 11) is 4.24. The lowest BCUT2D eigenvalue weighted by molar-refractivity contribution is 0.392. The van der Waals surface area contributed by atoms with Crippen molar-refractivity contribution in [2.45, 2.75) is 26.2 Å². The zero-order valence-corrected chi connectivity index (χ0v) is 17.8. The Kier molecular flexibility index (Phi) is 6.21. The second kappa shape index (κ2) is 9.01. The highest BCUT2D eigenvalue weighted by atomic mass is 15.1. The number of likely N-dealkylation sites (N-methyl/N-ethyl adjacent to an activating group) is 1. The lowest BCUT2D eigenvalue weighted by Crippen LogP contribution is -2.33. The largest absolute Gasteiger partial charge is 0.368 e. The van der Waals surface area contributed by atoms with Crippen molar-refractivity contribution in [3.05, 3.63) is 41.9 Å². The molecule has 2 aromatic heterocycles. The van der Waals surface area contributed by atoms with Gasteiger partial charge in [-0.25, -0.2) is 9.97 Å². The molecular formula is C23H32N6. The first-order valence-electron chi connectivity index (χ1n) is 10.7. The number of nitrogens with zero attached hydrogens (tertiary/aromatic N) is 4. The van der Waals surface area contributed by atoms with Crippen LogP contribution in [0.5, 0.6) is 0 Å². The van der Waals surface area contributed by atoms with E-state index in [1.54, 1.807) is 12.4 Å². The summed E-state index contributed by atoms with van der Waals surface area (Å²) in [5, 5.41) is 7.07. The van der Waals surface area contributed by atoms with Crippen molar-refractivity contribution < 1.29 is 0 Å². The minimum absolute atomic E-state index is 0.515. The molecule has 2 aromatic rings. The Morgan fingerprint density at radius 2 is 2.07 bits per heavy atom. The van der Waals surface area contributed by atoms with Crippen molar-refractivity contribution in [2.24, 2.45) is 11.8 Å². The van der Waals surface area contributed by atoms with Gasteiger partial charge in [0.2, 0.25) is 0 Å². The first-order valence-corrected chi connectivity index (χ1v) is 10.7. The van der Waals surface area contributed by atoms with Crippen molar-refractivity contribution in [3.63, 3.8) is 0 Å². The molecule has 0 aromatic carbocycles. The van der Waals surface area contributed by atoms with Crippen molar-refractivity contribution in [1.29, 1.82) is 0 Å². The molecule has 1 saturated heterocycles. The van der Waals surface area contributed by atoms with E-state index in [9.17, 15) is 0 Å². The molecular weight excluding hydrogens is 360 g/mol. The van der Waals surface area contributed by atoms with Crippen molar-refractivity contribution >= 4 is 22.4 Å². The van der Waals surface area contributed by atoms with Crippen LogP contribution < -0.4 is 10.6 Å². The van der Waals surface area contributed by atoms with Gasteiger partial charge < -0.3 is 15.5 Å². The van der Waals surface area contributed by atoms with Gasteiger partial charge in [-0.2, -0.15) is 0 Å². The normalized spacial score (nSPS) is 22.5. The maximum Gasteiger partial charge on any atom is 0.154 e. The van der Waals surface area contributed by atoms with Crippen LogP contribution in [0.3, 0.4) is 0 Å². The molecule has 0 radical (unpaired) electrons. The van der Waals surface area contributed by atoms with Gasteiger partial charge in [0.15, 0.2) is 5.82 Å². The lowest BCUT2D eigenvalue weighted by Gasteiger charge is -2.25. The van der Waals surface area contributed by atoms with Crippen LogP contribution in [-0.2, 0) is 0 Å². The molecule has 4 rings (SSSR count). The Balaban J connectivity index is 1.61. The van der Waals surface area contributed by atoms with E-state index in [2.05, 4.69) is 64.7 Å². The predicted molar refractivity (Wildman–Crippen MR) is 120 cm³/mol. The molecule has 0 bridgehead atoms. The molecule has 0 saturated carbocycles. The summed E-state index contributed by atoms with van der Waals surface area (Å²) in [4.78, 5) is 16.3. The predicted octanol–water partition coefficient (Wildman–Crippen LogP) is 3.35. The molecule has 6 nitrogen and oxygen atoms in total. The molecule has 2 unspecified atom stereocenters. The number of aromatic nitrogens is 3. The molecule has 1 aliphatic carbocycles. The van der Waals surface area contributed by atoms with Crippen LogP contribution in [0, 0.1) is 11.8 Å². The smallest absolute Gasteiger partial charge is 0.154 e. The molecule has 1 fully saturated rings. The second-order valence-electron chi connectivity index (χ2n) is 8.65. The van der Waals surface area contributed by atoms with E-state index in [4.69, 9.17) is 4.98 Å². The highest BCUT2D eigenvalue weighted by Gasteiger charge is 2.20. The Hall–Kier alpha value is -2.31. The number of hydrogen-bond acceptors (Lipinski definition) is 6. The topological polar surface area (TPSA) is 66.0 Å².